The zero-order valence-corrected chi connectivity index (χ0v) is 14.3. The molecule has 2 rings (SSSR count). The molecule has 0 saturated heterocycles. The lowest BCUT2D eigenvalue weighted by molar-refractivity contribution is 0.518. The van der Waals surface area contributed by atoms with Crippen LogP contribution >= 0.6 is 23.4 Å². The molecule has 5 heteroatoms. The average molecular weight is 324 g/mol. The summed E-state index contributed by atoms with van der Waals surface area (Å²) in [7, 11) is 2.00. The van der Waals surface area contributed by atoms with E-state index in [1.54, 1.807) is 0 Å². The van der Waals surface area contributed by atoms with E-state index in [9.17, 15) is 0 Å². The van der Waals surface area contributed by atoms with E-state index in [4.69, 9.17) is 11.6 Å². The van der Waals surface area contributed by atoms with E-state index < -0.39 is 0 Å². The number of aromatic nitrogens is 2. The van der Waals surface area contributed by atoms with Crippen molar-refractivity contribution in [3.63, 3.8) is 0 Å². The van der Waals surface area contributed by atoms with Crippen LogP contribution in [0, 0.1) is 0 Å². The van der Waals surface area contributed by atoms with Gasteiger partial charge in [-0.3, -0.25) is 4.68 Å². The lowest BCUT2D eigenvalue weighted by atomic mass is 10.2. The summed E-state index contributed by atoms with van der Waals surface area (Å²) in [6, 6.07) is 10.9. The van der Waals surface area contributed by atoms with Gasteiger partial charge in [0.1, 0.15) is 0 Å². The van der Waals surface area contributed by atoms with E-state index in [0.29, 0.717) is 12.1 Å². The Labute approximate surface area is 136 Å². The molecule has 0 saturated carbocycles. The minimum absolute atomic E-state index is 0.393. The normalized spacial score (nSPS) is 12.8. The summed E-state index contributed by atoms with van der Waals surface area (Å²) in [4.78, 5) is 1.20. The summed E-state index contributed by atoms with van der Waals surface area (Å²) in [5.74, 6) is 0.991. The quantitative estimate of drug-likeness (QED) is 0.780. The molecule has 0 aliphatic carbocycles. The number of halogens is 1. The van der Waals surface area contributed by atoms with Crippen LogP contribution in [0.5, 0.6) is 0 Å². The first-order valence-electron chi connectivity index (χ1n) is 7.18. The number of hydrogen-bond acceptors (Lipinski definition) is 3. The summed E-state index contributed by atoms with van der Waals surface area (Å²) in [5.41, 5.74) is 1.13. The second-order valence-electron chi connectivity index (χ2n) is 5.34. The first kappa shape index (κ1) is 16.4. The summed E-state index contributed by atoms with van der Waals surface area (Å²) in [6.45, 7) is 4.28. The molecule has 0 amide bonds. The van der Waals surface area contributed by atoms with Crippen molar-refractivity contribution in [1.82, 2.24) is 15.1 Å². The monoisotopic (exact) mass is 323 g/mol. The van der Waals surface area contributed by atoms with Gasteiger partial charge in [-0.15, -0.1) is 11.8 Å². The van der Waals surface area contributed by atoms with Gasteiger partial charge in [-0.2, -0.15) is 5.10 Å². The minimum Gasteiger partial charge on any atom is -0.316 e. The standard InChI is InChI=1S/C16H22ClN3S/c1-12(2)20-8-7-14(19-20)10-15(18-3)11-21-16-6-4-5-13(17)9-16/h4-9,12,15,18H,10-11H2,1-3H3. The molecule has 1 aromatic carbocycles. The molecule has 0 radical (unpaired) electrons. The van der Waals surface area contributed by atoms with E-state index in [-0.39, 0.29) is 0 Å². The third-order valence-electron chi connectivity index (χ3n) is 3.30. The minimum atomic E-state index is 0.393. The number of likely N-dealkylation sites (N-methyl/N-ethyl adjacent to an activating group) is 1. The molecule has 0 fully saturated rings. The van der Waals surface area contributed by atoms with E-state index in [0.717, 1.165) is 22.9 Å². The lowest BCUT2D eigenvalue weighted by Crippen LogP contribution is -2.30. The average Bonchev–Trinajstić information content (AvgIpc) is 2.92. The van der Waals surface area contributed by atoms with Crippen LogP contribution in [0.3, 0.4) is 0 Å². The molecule has 0 bridgehead atoms. The van der Waals surface area contributed by atoms with Gasteiger partial charge in [-0.1, -0.05) is 17.7 Å². The van der Waals surface area contributed by atoms with Gasteiger partial charge in [0, 0.05) is 40.4 Å². The fourth-order valence-corrected chi connectivity index (χ4v) is 3.34. The third-order valence-corrected chi connectivity index (χ3v) is 4.70. The molecule has 2 aromatic rings. The van der Waals surface area contributed by atoms with Gasteiger partial charge in [-0.05, 0) is 45.2 Å². The Hall–Kier alpha value is -0.970. The van der Waals surface area contributed by atoms with Crippen LogP contribution in [0.1, 0.15) is 25.6 Å². The molecule has 3 nitrogen and oxygen atoms in total. The van der Waals surface area contributed by atoms with Crippen LogP contribution in [-0.4, -0.2) is 28.6 Å². The summed E-state index contributed by atoms with van der Waals surface area (Å²) >= 11 is 7.83. The first-order chi connectivity index (χ1) is 10.1. The molecule has 114 valence electrons. The van der Waals surface area contributed by atoms with Crippen molar-refractivity contribution in [3.8, 4) is 0 Å². The van der Waals surface area contributed by atoms with Crippen molar-refractivity contribution in [3.05, 3.63) is 47.2 Å². The third kappa shape index (κ3) is 5.06. The molecule has 0 aliphatic rings. The van der Waals surface area contributed by atoms with Crippen molar-refractivity contribution in [2.24, 2.45) is 0 Å². The van der Waals surface area contributed by atoms with Crippen LogP contribution in [-0.2, 0) is 6.42 Å². The summed E-state index contributed by atoms with van der Waals surface area (Å²) in [5, 5.41) is 8.77. The second-order valence-corrected chi connectivity index (χ2v) is 6.87. The van der Waals surface area contributed by atoms with Crippen molar-refractivity contribution < 1.29 is 0 Å². The largest absolute Gasteiger partial charge is 0.316 e. The maximum Gasteiger partial charge on any atom is 0.0640 e. The Morgan fingerprint density at radius 1 is 1.33 bits per heavy atom. The fraction of sp³-hybridized carbons (Fsp3) is 0.438. The highest BCUT2D eigenvalue weighted by atomic mass is 35.5. The maximum absolute atomic E-state index is 6.01. The fourth-order valence-electron chi connectivity index (χ4n) is 2.02. The van der Waals surface area contributed by atoms with Crippen molar-refractivity contribution in [2.45, 2.75) is 37.2 Å². The lowest BCUT2D eigenvalue weighted by Gasteiger charge is -2.14. The Kier molecular flexibility index (Phi) is 6.15. The van der Waals surface area contributed by atoms with Gasteiger partial charge in [0.15, 0.2) is 0 Å². The highest BCUT2D eigenvalue weighted by Crippen LogP contribution is 2.22. The number of rotatable bonds is 7. The van der Waals surface area contributed by atoms with Crippen LogP contribution in [0.4, 0.5) is 0 Å². The molecule has 1 heterocycles. The Bertz CT molecular complexity index is 568. The molecule has 1 atom stereocenters. The van der Waals surface area contributed by atoms with Crippen LogP contribution in [0.15, 0.2) is 41.4 Å². The first-order valence-corrected chi connectivity index (χ1v) is 8.54. The molecule has 1 unspecified atom stereocenters. The van der Waals surface area contributed by atoms with Crippen LogP contribution in [0.25, 0.3) is 0 Å². The summed E-state index contributed by atoms with van der Waals surface area (Å²) < 4.78 is 2.01. The maximum atomic E-state index is 6.01. The predicted molar refractivity (Wildman–Crippen MR) is 91.3 cm³/mol. The van der Waals surface area contributed by atoms with E-state index in [1.165, 1.54) is 4.90 Å². The number of nitrogens with one attached hydrogen (secondary N) is 1. The molecule has 21 heavy (non-hydrogen) atoms. The van der Waals surface area contributed by atoms with Crippen molar-refractivity contribution >= 4 is 23.4 Å². The van der Waals surface area contributed by atoms with Gasteiger partial charge in [0.25, 0.3) is 0 Å². The predicted octanol–water partition coefficient (Wildman–Crippen LogP) is 4.04. The van der Waals surface area contributed by atoms with Crippen LogP contribution < -0.4 is 5.32 Å². The zero-order valence-electron chi connectivity index (χ0n) is 12.7. The molecule has 1 N–H and O–H groups in total. The highest BCUT2D eigenvalue weighted by molar-refractivity contribution is 7.99. The molecule has 1 aromatic heterocycles. The topological polar surface area (TPSA) is 29.9 Å². The van der Waals surface area contributed by atoms with E-state index >= 15 is 0 Å². The summed E-state index contributed by atoms with van der Waals surface area (Å²) in [6.07, 6.45) is 2.99. The van der Waals surface area contributed by atoms with Gasteiger partial charge < -0.3 is 5.32 Å². The Balaban J connectivity index is 1.90. The smallest absolute Gasteiger partial charge is 0.0640 e. The van der Waals surface area contributed by atoms with E-state index in [1.807, 2.05) is 41.7 Å². The molecular formula is C16H22ClN3S. The van der Waals surface area contributed by atoms with Gasteiger partial charge in [0.05, 0.1) is 5.69 Å². The van der Waals surface area contributed by atoms with Gasteiger partial charge >= 0.3 is 0 Å². The van der Waals surface area contributed by atoms with Crippen molar-refractivity contribution in [1.29, 1.82) is 0 Å². The van der Waals surface area contributed by atoms with Crippen molar-refractivity contribution in [2.75, 3.05) is 12.8 Å². The Morgan fingerprint density at radius 2 is 2.14 bits per heavy atom. The second kappa shape index (κ2) is 7.87. The number of thioether (sulfide) groups is 1. The van der Waals surface area contributed by atoms with Gasteiger partial charge in [-0.25, -0.2) is 0 Å². The Morgan fingerprint density at radius 3 is 2.76 bits per heavy atom. The molecule has 0 spiro atoms. The highest BCUT2D eigenvalue weighted by Gasteiger charge is 2.11. The number of nitrogens with zero attached hydrogens (tertiary/aromatic N) is 2. The van der Waals surface area contributed by atoms with E-state index in [2.05, 4.69) is 42.6 Å². The molecule has 0 aliphatic heterocycles. The SMILES string of the molecule is CNC(CSc1cccc(Cl)c1)Cc1ccn(C(C)C)n1. The van der Waals surface area contributed by atoms with Crippen LogP contribution in [0.2, 0.25) is 5.02 Å². The number of hydrogen-bond donors (Lipinski definition) is 1. The molecular weight excluding hydrogens is 302 g/mol. The zero-order chi connectivity index (χ0) is 15.2. The van der Waals surface area contributed by atoms with Gasteiger partial charge in [0.2, 0.25) is 0 Å². The number of benzene rings is 1.